The maximum absolute atomic E-state index is 13.0. The second kappa shape index (κ2) is 8.56. The van der Waals surface area contributed by atoms with E-state index < -0.39 is 0 Å². The minimum absolute atomic E-state index is 0.0241. The Balaban J connectivity index is 1.93. The lowest BCUT2D eigenvalue weighted by Crippen LogP contribution is -2.39. The summed E-state index contributed by atoms with van der Waals surface area (Å²) in [6.45, 7) is 0. The fraction of sp³-hybridized carbons (Fsp3) is 0.381. The van der Waals surface area contributed by atoms with Gasteiger partial charge in [0.25, 0.3) is 0 Å². The van der Waals surface area contributed by atoms with E-state index in [0.29, 0.717) is 5.02 Å². The summed E-state index contributed by atoms with van der Waals surface area (Å²) in [5.41, 5.74) is 7.80. The molecule has 0 radical (unpaired) electrons. The lowest BCUT2D eigenvalue weighted by Gasteiger charge is -2.29. The molecule has 0 heterocycles. The van der Waals surface area contributed by atoms with Gasteiger partial charge in [0.15, 0.2) is 0 Å². The van der Waals surface area contributed by atoms with Gasteiger partial charge in [0.05, 0.1) is 13.2 Å². The summed E-state index contributed by atoms with van der Waals surface area (Å²) in [6.07, 6.45) is 3.59. The topological polar surface area (TPSA) is 64.3 Å². The van der Waals surface area contributed by atoms with Crippen molar-refractivity contribution < 1.29 is 9.53 Å². The number of nitrogens with two attached hydrogens (primary N) is 1. The fourth-order valence-electron chi connectivity index (χ4n) is 3.66. The zero-order chi connectivity index (χ0) is 18.5. The third kappa shape index (κ3) is 4.19. The molecule has 2 aromatic rings. The predicted octanol–water partition coefficient (Wildman–Crippen LogP) is 4.07. The van der Waals surface area contributed by atoms with Gasteiger partial charge in [0.2, 0.25) is 5.91 Å². The second-order valence-corrected chi connectivity index (χ2v) is 7.24. The van der Waals surface area contributed by atoms with Crippen LogP contribution in [0, 0.1) is 5.92 Å². The number of nitrogens with one attached hydrogen (secondary N) is 1. The van der Waals surface area contributed by atoms with Gasteiger partial charge >= 0.3 is 0 Å². The van der Waals surface area contributed by atoms with E-state index in [4.69, 9.17) is 22.1 Å². The molecule has 3 rings (SSSR count). The zero-order valence-electron chi connectivity index (χ0n) is 15.0. The van der Waals surface area contributed by atoms with Gasteiger partial charge in [0.1, 0.15) is 5.75 Å². The van der Waals surface area contributed by atoms with Crippen LogP contribution in [0.1, 0.15) is 42.9 Å². The Kier molecular flexibility index (Phi) is 6.17. The molecule has 26 heavy (non-hydrogen) atoms. The molecule has 138 valence electrons. The molecular formula is C21H25ClN2O2. The smallest absolute Gasteiger partial charge is 0.223 e. The van der Waals surface area contributed by atoms with Crippen LogP contribution in [0.4, 0.5) is 0 Å². The van der Waals surface area contributed by atoms with Gasteiger partial charge in [-0.3, -0.25) is 4.79 Å². The normalized spacial score (nSPS) is 21.0. The van der Waals surface area contributed by atoms with Gasteiger partial charge in [-0.1, -0.05) is 54.4 Å². The quantitative estimate of drug-likeness (QED) is 0.831. The lowest BCUT2D eigenvalue weighted by atomic mass is 9.85. The van der Waals surface area contributed by atoms with Gasteiger partial charge in [-0.05, 0) is 37.0 Å². The molecule has 0 aliphatic heterocycles. The molecule has 1 fully saturated rings. The van der Waals surface area contributed by atoms with Crippen molar-refractivity contribution in [2.75, 3.05) is 7.11 Å². The van der Waals surface area contributed by atoms with Crippen molar-refractivity contribution in [1.29, 1.82) is 0 Å². The number of carbonyl (C=O) groups is 1. The number of ether oxygens (including phenoxy) is 1. The van der Waals surface area contributed by atoms with Crippen molar-refractivity contribution in [2.45, 2.75) is 37.8 Å². The van der Waals surface area contributed by atoms with Crippen molar-refractivity contribution in [2.24, 2.45) is 11.7 Å². The predicted molar refractivity (Wildman–Crippen MR) is 104 cm³/mol. The Morgan fingerprint density at radius 3 is 2.54 bits per heavy atom. The molecule has 3 unspecified atom stereocenters. The molecule has 1 aliphatic rings. The summed E-state index contributed by atoms with van der Waals surface area (Å²) in [4.78, 5) is 13.0. The number of benzene rings is 2. The van der Waals surface area contributed by atoms with Crippen LogP contribution in [0.3, 0.4) is 0 Å². The Morgan fingerprint density at radius 1 is 1.15 bits per heavy atom. The van der Waals surface area contributed by atoms with E-state index in [9.17, 15) is 4.79 Å². The van der Waals surface area contributed by atoms with Crippen molar-refractivity contribution in [3.05, 3.63) is 64.7 Å². The Bertz CT molecular complexity index is 765. The molecule has 1 aliphatic carbocycles. The first kappa shape index (κ1) is 18.7. The van der Waals surface area contributed by atoms with Gasteiger partial charge < -0.3 is 15.8 Å². The molecule has 3 N–H and O–H groups in total. The molecule has 0 spiro atoms. The third-order valence-corrected chi connectivity index (χ3v) is 5.38. The largest absolute Gasteiger partial charge is 0.496 e. The maximum Gasteiger partial charge on any atom is 0.223 e. The molecule has 1 saturated carbocycles. The number of amides is 1. The van der Waals surface area contributed by atoms with Gasteiger partial charge in [-0.15, -0.1) is 0 Å². The summed E-state index contributed by atoms with van der Waals surface area (Å²) in [5, 5.41) is 3.81. The van der Waals surface area contributed by atoms with Crippen LogP contribution in [-0.4, -0.2) is 19.1 Å². The summed E-state index contributed by atoms with van der Waals surface area (Å²) < 4.78 is 5.52. The monoisotopic (exact) mass is 372 g/mol. The number of hydrogen-bond acceptors (Lipinski definition) is 3. The Labute approximate surface area is 159 Å². The highest BCUT2D eigenvalue weighted by molar-refractivity contribution is 6.31. The molecule has 5 heteroatoms. The minimum Gasteiger partial charge on any atom is -0.496 e. The van der Waals surface area contributed by atoms with Crippen molar-refractivity contribution in [3.8, 4) is 5.75 Å². The van der Waals surface area contributed by atoms with E-state index in [1.807, 2.05) is 48.5 Å². The van der Waals surface area contributed by atoms with Crippen molar-refractivity contribution in [3.63, 3.8) is 0 Å². The number of para-hydroxylation sites is 1. The molecule has 0 bridgehead atoms. The van der Waals surface area contributed by atoms with Crippen LogP contribution in [0.15, 0.2) is 48.5 Å². The SMILES string of the molecule is COc1ccccc1C(NC(=O)C1CCCC(N)C1)c1ccccc1Cl. The Morgan fingerprint density at radius 2 is 1.85 bits per heavy atom. The highest BCUT2D eigenvalue weighted by Crippen LogP contribution is 2.34. The van der Waals surface area contributed by atoms with Gasteiger partial charge in [0, 0.05) is 22.5 Å². The van der Waals surface area contributed by atoms with Crippen LogP contribution >= 0.6 is 11.6 Å². The average molecular weight is 373 g/mol. The van der Waals surface area contributed by atoms with Crippen LogP contribution in [0.5, 0.6) is 5.75 Å². The molecule has 0 aromatic heterocycles. The summed E-state index contributed by atoms with van der Waals surface area (Å²) >= 11 is 6.44. The van der Waals surface area contributed by atoms with E-state index >= 15 is 0 Å². The first-order chi connectivity index (χ1) is 12.6. The molecule has 2 aromatic carbocycles. The highest BCUT2D eigenvalue weighted by atomic mass is 35.5. The molecule has 1 amide bonds. The number of halogens is 1. The lowest BCUT2D eigenvalue weighted by molar-refractivity contribution is -0.126. The zero-order valence-corrected chi connectivity index (χ0v) is 15.7. The second-order valence-electron chi connectivity index (χ2n) is 6.83. The van der Waals surface area contributed by atoms with E-state index in [1.54, 1.807) is 7.11 Å². The minimum atomic E-state index is -0.370. The number of carbonyl (C=O) groups excluding carboxylic acids is 1. The molecular weight excluding hydrogens is 348 g/mol. The highest BCUT2D eigenvalue weighted by Gasteiger charge is 2.29. The number of hydrogen-bond donors (Lipinski definition) is 2. The van der Waals surface area contributed by atoms with Crippen LogP contribution < -0.4 is 15.8 Å². The Hall–Kier alpha value is -2.04. The van der Waals surface area contributed by atoms with E-state index in [0.717, 1.165) is 42.6 Å². The van der Waals surface area contributed by atoms with Crippen LogP contribution in [0.25, 0.3) is 0 Å². The van der Waals surface area contributed by atoms with E-state index in [-0.39, 0.29) is 23.9 Å². The number of methoxy groups -OCH3 is 1. The maximum atomic E-state index is 13.0. The average Bonchev–Trinajstić information content (AvgIpc) is 2.66. The van der Waals surface area contributed by atoms with Crippen LogP contribution in [-0.2, 0) is 4.79 Å². The van der Waals surface area contributed by atoms with Crippen molar-refractivity contribution in [1.82, 2.24) is 5.32 Å². The summed E-state index contributed by atoms with van der Waals surface area (Å²) in [5.74, 6) is 0.687. The number of rotatable bonds is 5. The molecule has 0 saturated heterocycles. The summed E-state index contributed by atoms with van der Waals surface area (Å²) in [6, 6.07) is 15.0. The molecule has 4 nitrogen and oxygen atoms in total. The molecule has 3 atom stereocenters. The van der Waals surface area contributed by atoms with Crippen molar-refractivity contribution >= 4 is 17.5 Å². The summed E-state index contributed by atoms with van der Waals surface area (Å²) in [7, 11) is 1.63. The van der Waals surface area contributed by atoms with Gasteiger partial charge in [-0.25, -0.2) is 0 Å². The first-order valence-corrected chi connectivity index (χ1v) is 9.41. The first-order valence-electron chi connectivity index (χ1n) is 9.03. The van der Waals surface area contributed by atoms with E-state index in [2.05, 4.69) is 5.32 Å². The third-order valence-electron chi connectivity index (χ3n) is 5.04. The van der Waals surface area contributed by atoms with Gasteiger partial charge in [-0.2, -0.15) is 0 Å². The fourth-order valence-corrected chi connectivity index (χ4v) is 3.91. The van der Waals surface area contributed by atoms with E-state index in [1.165, 1.54) is 0 Å². The van der Waals surface area contributed by atoms with Crippen LogP contribution in [0.2, 0.25) is 5.02 Å². The standard InChI is InChI=1S/C21H25ClN2O2/c1-26-19-12-5-3-10-17(19)20(16-9-2-4-11-18(16)22)24-21(25)14-7-6-8-15(23)13-14/h2-5,9-12,14-15,20H,6-8,13,23H2,1H3,(H,24,25).